The van der Waals surface area contributed by atoms with Crippen molar-refractivity contribution in [1.82, 2.24) is 9.55 Å². The first-order valence-corrected chi connectivity index (χ1v) is 7.87. The monoisotopic (exact) mass is 313 g/mol. The predicted molar refractivity (Wildman–Crippen MR) is 76.1 cm³/mol. The fraction of sp³-hybridized carbons (Fsp3) is 0.308. The number of aromatic nitrogens is 2. The van der Waals surface area contributed by atoms with Crippen molar-refractivity contribution in [3.63, 3.8) is 0 Å². The standard InChI is InChI=1S/C13H16FN3O3S/c1-3-6-17-8-13(15-9(17)2)21(19,20)16-12-5-4-10(18)7-11(12)14/h4-5,7-8,16,18H,3,6H2,1-2H3. The SMILES string of the molecule is CCCn1cc(S(=O)(=O)Nc2ccc(O)cc2F)nc1C. The summed E-state index contributed by atoms with van der Waals surface area (Å²) in [5.74, 6) is -0.565. The Labute approximate surface area is 122 Å². The smallest absolute Gasteiger partial charge is 0.281 e. The quantitative estimate of drug-likeness (QED) is 0.829. The number of halogens is 1. The van der Waals surface area contributed by atoms with Gasteiger partial charge in [-0.25, -0.2) is 9.37 Å². The number of hydrogen-bond donors (Lipinski definition) is 2. The number of imidazole rings is 1. The minimum atomic E-state index is -3.97. The fourth-order valence-electron chi connectivity index (χ4n) is 1.86. The third-order valence-electron chi connectivity index (χ3n) is 2.89. The summed E-state index contributed by atoms with van der Waals surface area (Å²) in [6.45, 7) is 4.33. The van der Waals surface area contributed by atoms with Gasteiger partial charge in [0, 0.05) is 18.8 Å². The Morgan fingerprint density at radius 1 is 1.43 bits per heavy atom. The van der Waals surface area contributed by atoms with Gasteiger partial charge in [0.15, 0.2) is 10.8 Å². The first-order chi connectivity index (χ1) is 9.83. The molecule has 1 heterocycles. The summed E-state index contributed by atoms with van der Waals surface area (Å²) in [7, 11) is -3.97. The molecule has 0 spiro atoms. The van der Waals surface area contributed by atoms with Gasteiger partial charge in [-0.15, -0.1) is 0 Å². The van der Waals surface area contributed by atoms with Crippen LogP contribution < -0.4 is 4.72 Å². The van der Waals surface area contributed by atoms with E-state index in [1.807, 2.05) is 6.92 Å². The number of sulfonamides is 1. The maximum absolute atomic E-state index is 13.6. The third kappa shape index (κ3) is 3.33. The van der Waals surface area contributed by atoms with E-state index in [-0.39, 0.29) is 16.5 Å². The Balaban J connectivity index is 2.32. The van der Waals surface area contributed by atoms with Crippen LogP contribution in [0.2, 0.25) is 0 Å². The number of phenolic OH excluding ortho intramolecular Hbond substituents is 1. The summed E-state index contributed by atoms with van der Waals surface area (Å²) in [5.41, 5.74) is -0.240. The number of nitrogens with zero attached hydrogens (tertiary/aromatic N) is 2. The molecule has 0 amide bonds. The number of hydrogen-bond acceptors (Lipinski definition) is 4. The van der Waals surface area contributed by atoms with Gasteiger partial charge in [-0.2, -0.15) is 8.42 Å². The molecular formula is C13H16FN3O3S. The van der Waals surface area contributed by atoms with Crippen LogP contribution in [0.15, 0.2) is 29.4 Å². The van der Waals surface area contributed by atoms with E-state index in [0.29, 0.717) is 12.4 Å². The Morgan fingerprint density at radius 2 is 2.14 bits per heavy atom. The Kier molecular flexibility index (Phi) is 4.17. The molecule has 6 nitrogen and oxygen atoms in total. The molecular weight excluding hydrogens is 297 g/mol. The topological polar surface area (TPSA) is 84.2 Å². The number of anilines is 1. The zero-order valence-electron chi connectivity index (χ0n) is 11.7. The van der Waals surface area contributed by atoms with Gasteiger partial charge in [-0.05, 0) is 25.5 Å². The normalized spacial score (nSPS) is 11.6. The maximum Gasteiger partial charge on any atom is 0.281 e. The minimum Gasteiger partial charge on any atom is -0.508 e. The van der Waals surface area contributed by atoms with E-state index in [1.54, 1.807) is 11.5 Å². The molecule has 0 aliphatic carbocycles. The van der Waals surface area contributed by atoms with E-state index in [4.69, 9.17) is 5.11 Å². The van der Waals surface area contributed by atoms with E-state index in [0.717, 1.165) is 18.6 Å². The highest BCUT2D eigenvalue weighted by Gasteiger charge is 2.20. The van der Waals surface area contributed by atoms with Crippen molar-refractivity contribution < 1.29 is 17.9 Å². The van der Waals surface area contributed by atoms with Crippen molar-refractivity contribution in [3.8, 4) is 5.75 Å². The summed E-state index contributed by atoms with van der Waals surface area (Å²) in [6, 6.07) is 3.18. The molecule has 2 rings (SSSR count). The molecule has 114 valence electrons. The molecule has 1 aromatic heterocycles. The number of aromatic hydroxyl groups is 1. The van der Waals surface area contributed by atoms with Crippen LogP contribution in [0.4, 0.5) is 10.1 Å². The molecule has 0 aliphatic rings. The van der Waals surface area contributed by atoms with Crippen LogP contribution >= 0.6 is 0 Å². The highest BCUT2D eigenvalue weighted by molar-refractivity contribution is 7.92. The van der Waals surface area contributed by atoms with Crippen molar-refractivity contribution in [2.45, 2.75) is 31.8 Å². The highest BCUT2D eigenvalue weighted by Crippen LogP contribution is 2.22. The number of benzene rings is 1. The van der Waals surface area contributed by atoms with E-state index in [2.05, 4.69) is 9.71 Å². The lowest BCUT2D eigenvalue weighted by molar-refractivity contribution is 0.469. The van der Waals surface area contributed by atoms with Crippen LogP contribution in [0.25, 0.3) is 0 Å². The summed E-state index contributed by atoms with van der Waals surface area (Å²) in [6.07, 6.45) is 2.26. The zero-order chi connectivity index (χ0) is 15.6. The molecule has 0 fully saturated rings. The van der Waals surface area contributed by atoms with E-state index in [9.17, 15) is 12.8 Å². The van der Waals surface area contributed by atoms with Crippen molar-refractivity contribution in [3.05, 3.63) is 36.0 Å². The number of nitrogens with one attached hydrogen (secondary N) is 1. The van der Waals surface area contributed by atoms with Gasteiger partial charge in [0.05, 0.1) is 5.69 Å². The average molecular weight is 313 g/mol. The molecule has 21 heavy (non-hydrogen) atoms. The number of phenols is 1. The van der Waals surface area contributed by atoms with Gasteiger partial charge < -0.3 is 9.67 Å². The lowest BCUT2D eigenvalue weighted by Gasteiger charge is -2.07. The lowest BCUT2D eigenvalue weighted by Crippen LogP contribution is -2.14. The summed E-state index contributed by atoms with van der Waals surface area (Å²) >= 11 is 0. The van der Waals surface area contributed by atoms with E-state index in [1.165, 1.54) is 12.3 Å². The van der Waals surface area contributed by atoms with Gasteiger partial charge in [-0.3, -0.25) is 4.72 Å². The van der Waals surface area contributed by atoms with Crippen LogP contribution in [0, 0.1) is 12.7 Å². The first-order valence-electron chi connectivity index (χ1n) is 6.38. The maximum atomic E-state index is 13.6. The van der Waals surface area contributed by atoms with Crippen LogP contribution in [-0.4, -0.2) is 23.1 Å². The molecule has 0 radical (unpaired) electrons. The van der Waals surface area contributed by atoms with Crippen molar-refractivity contribution >= 4 is 15.7 Å². The number of rotatable bonds is 5. The van der Waals surface area contributed by atoms with E-state index < -0.39 is 15.8 Å². The average Bonchev–Trinajstić information content (AvgIpc) is 2.76. The van der Waals surface area contributed by atoms with Crippen molar-refractivity contribution in [2.75, 3.05) is 4.72 Å². The van der Waals surface area contributed by atoms with Crippen molar-refractivity contribution in [1.29, 1.82) is 0 Å². The predicted octanol–water partition coefficient (Wildman–Crippen LogP) is 2.25. The highest BCUT2D eigenvalue weighted by atomic mass is 32.2. The second kappa shape index (κ2) is 5.72. The van der Waals surface area contributed by atoms with Crippen LogP contribution in [-0.2, 0) is 16.6 Å². The van der Waals surface area contributed by atoms with Gasteiger partial charge >= 0.3 is 0 Å². The van der Waals surface area contributed by atoms with Gasteiger partial charge in [0.2, 0.25) is 0 Å². The fourth-order valence-corrected chi connectivity index (χ4v) is 2.94. The third-order valence-corrected chi connectivity index (χ3v) is 4.13. The zero-order valence-corrected chi connectivity index (χ0v) is 12.5. The van der Waals surface area contributed by atoms with Crippen LogP contribution in [0.5, 0.6) is 5.75 Å². The van der Waals surface area contributed by atoms with Gasteiger partial charge in [-0.1, -0.05) is 6.92 Å². The molecule has 0 unspecified atom stereocenters. The second-order valence-corrected chi connectivity index (χ2v) is 6.22. The molecule has 0 aliphatic heterocycles. The van der Waals surface area contributed by atoms with Gasteiger partial charge in [0.1, 0.15) is 11.6 Å². The number of aryl methyl sites for hydroxylation is 2. The summed E-state index contributed by atoms with van der Waals surface area (Å²) < 4.78 is 41.8. The molecule has 2 N–H and O–H groups in total. The molecule has 0 atom stereocenters. The lowest BCUT2D eigenvalue weighted by atomic mass is 10.3. The van der Waals surface area contributed by atoms with Crippen LogP contribution in [0.1, 0.15) is 19.2 Å². The van der Waals surface area contributed by atoms with Crippen molar-refractivity contribution in [2.24, 2.45) is 0 Å². The van der Waals surface area contributed by atoms with E-state index >= 15 is 0 Å². The Hall–Kier alpha value is -2.09. The minimum absolute atomic E-state index is 0.166. The summed E-state index contributed by atoms with van der Waals surface area (Å²) in [5, 5.41) is 8.95. The molecule has 0 saturated heterocycles. The molecule has 0 saturated carbocycles. The van der Waals surface area contributed by atoms with Crippen LogP contribution in [0.3, 0.4) is 0 Å². The first kappa shape index (κ1) is 15.3. The molecule has 2 aromatic rings. The Bertz CT molecular complexity index is 756. The van der Waals surface area contributed by atoms with Gasteiger partial charge in [0.25, 0.3) is 10.0 Å². The molecule has 1 aromatic carbocycles. The Morgan fingerprint density at radius 3 is 2.76 bits per heavy atom. The molecule has 8 heteroatoms. The summed E-state index contributed by atoms with van der Waals surface area (Å²) in [4.78, 5) is 3.98. The largest absolute Gasteiger partial charge is 0.508 e. The second-order valence-electron chi connectivity index (χ2n) is 4.59. The molecule has 0 bridgehead atoms.